The lowest BCUT2D eigenvalue weighted by Crippen LogP contribution is -2.61. The predicted molar refractivity (Wildman–Crippen MR) is 82.7 cm³/mol. The average molecular weight is 332 g/mol. The van der Waals surface area contributed by atoms with E-state index in [9.17, 15) is 0 Å². The van der Waals surface area contributed by atoms with Gasteiger partial charge in [-0.1, -0.05) is 18.5 Å². The summed E-state index contributed by atoms with van der Waals surface area (Å²) in [4.78, 5) is 2.48. The second-order valence-corrected chi connectivity index (χ2v) is 6.81. The van der Waals surface area contributed by atoms with Crippen molar-refractivity contribution in [2.45, 2.75) is 38.8 Å². The number of benzene rings is 1. The van der Waals surface area contributed by atoms with Crippen LogP contribution in [-0.4, -0.2) is 24.7 Å². The predicted octanol–water partition coefficient (Wildman–Crippen LogP) is 4.07. The first-order valence-electron chi connectivity index (χ1n) is 6.39. The lowest BCUT2D eigenvalue weighted by Gasteiger charge is -2.46. The van der Waals surface area contributed by atoms with Crippen LogP contribution in [0.5, 0.6) is 0 Å². The number of hydrogen-bond acceptors (Lipinski definition) is 2. The van der Waals surface area contributed by atoms with E-state index in [2.05, 4.69) is 59.1 Å². The lowest BCUT2D eigenvalue weighted by molar-refractivity contribution is 0.306. The van der Waals surface area contributed by atoms with E-state index in [1.165, 1.54) is 5.69 Å². The summed E-state index contributed by atoms with van der Waals surface area (Å²) in [6.45, 7) is 8.78. The van der Waals surface area contributed by atoms with Crippen molar-refractivity contribution in [2.24, 2.45) is 0 Å². The van der Waals surface area contributed by atoms with Crippen molar-refractivity contribution < 1.29 is 0 Å². The summed E-state index contributed by atoms with van der Waals surface area (Å²) in [5.74, 6) is 0. The monoisotopic (exact) mass is 330 g/mol. The topological polar surface area (TPSA) is 15.3 Å². The third kappa shape index (κ3) is 3.01. The number of rotatable bonds is 2. The molecule has 1 aromatic carbocycles. The first-order chi connectivity index (χ1) is 8.43. The molecule has 0 bridgehead atoms. The van der Waals surface area contributed by atoms with Crippen LogP contribution in [-0.2, 0) is 0 Å². The van der Waals surface area contributed by atoms with Crippen molar-refractivity contribution in [3.8, 4) is 0 Å². The first-order valence-corrected chi connectivity index (χ1v) is 7.57. The molecule has 1 heterocycles. The third-order valence-electron chi connectivity index (χ3n) is 3.53. The highest BCUT2D eigenvalue weighted by molar-refractivity contribution is 9.10. The van der Waals surface area contributed by atoms with Gasteiger partial charge in [0.1, 0.15) is 0 Å². The van der Waals surface area contributed by atoms with Crippen molar-refractivity contribution in [2.75, 3.05) is 18.0 Å². The van der Waals surface area contributed by atoms with E-state index in [-0.39, 0.29) is 5.54 Å². The van der Waals surface area contributed by atoms with Gasteiger partial charge in [-0.25, -0.2) is 0 Å². The van der Waals surface area contributed by atoms with E-state index >= 15 is 0 Å². The van der Waals surface area contributed by atoms with E-state index in [0.717, 1.165) is 29.0 Å². The van der Waals surface area contributed by atoms with Crippen molar-refractivity contribution in [3.05, 3.63) is 27.7 Å². The first kappa shape index (κ1) is 14.2. The van der Waals surface area contributed by atoms with E-state index in [4.69, 9.17) is 11.6 Å². The van der Waals surface area contributed by atoms with E-state index in [1.54, 1.807) is 0 Å². The summed E-state index contributed by atoms with van der Waals surface area (Å²) in [6.07, 6.45) is 1.14. The molecule has 1 aliphatic rings. The molecular weight excluding hydrogens is 312 g/mol. The molecule has 0 saturated carbocycles. The maximum atomic E-state index is 6.07. The fraction of sp³-hybridized carbons (Fsp3) is 0.571. The Morgan fingerprint density at radius 3 is 2.83 bits per heavy atom. The zero-order valence-corrected chi connectivity index (χ0v) is 13.5. The zero-order valence-electron chi connectivity index (χ0n) is 11.1. The van der Waals surface area contributed by atoms with Crippen LogP contribution in [0.2, 0.25) is 5.02 Å². The van der Waals surface area contributed by atoms with Gasteiger partial charge in [0.2, 0.25) is 0 Å². The summed E-state index contributed by atoms with van der Waals surface area (Å²) >= 11 is 9.58. The smallest absolute Gasteiger partial charge is 0.0549 e. The van der Waals surface area contributed by atoms with Crippen LogP contribution in [0, 0.1) is 0 Å². The Morgan fingerprint density at radius 1 is 1.50 bits per heavy atom. The number of anilines is 1. The zero-order chi connectivity index (χ0) is 13.3. The molecule has 1 atom stereocenters. The van der Waals surface area contributed by atoms with Crippen LogP contribution in [0.1, 0.15) is 27.2 Å². The molecule has 0 spiro atoms. The number of nitrogens with one attached hydrogen (secondary N) is 1. The Labute approximate surface area is 123 Å². The van der Waals surface area contributed by atoms with Gasteiger partial charge in [0.25, 0.3) is 0 Å². The lowest BCUT2D eigenvalue weighted by atomic mass is 9.97. The summed E-state index contributed by atoms with van der Waals surface area (Å²) in [7, 11) is 0. The number of nitrogens with zero attached hydrogens (tertiary/aromatic N) is 1. The normalized spacial score (nSPS) is 23.2. The Balaban J connectivity index is 2.29. The molecule has 1 unspecified atom stereocenters. The fourth-order valence-corrected chi connectivity index (χ4v) is 2.93. The summed E-state index contributed by atoms with van der Waals surface area (Å²) < 4.78 is 0.966. The van der Waals surface area contributed by atoms with Crippen molar-refractivity contribution in [1.29, 1.82) is 0 Å². The Morgan fingerprint density at radius 2 is 2.22 bits per heavy atom. The maximum Gasteiger partial charge on any atom is 0.0549 e. The van der Waals surface area contributed by atoms with Gasteiger partial charge in [-0.2, -0.15) is 0 Å². The largest absolute Gasteiger partial charge is 0.365 e. The van der Waals surface area contributed by atoms with Crippen molar-refractivity contribution in [1.82, 2.24) is 5.32 Å². The minimum Gasteiger partial charge on any atom is -0.365 e. The van der Waals surface area contributed by atoms with Gasteiger partial charge in [-0.05, 0) is 54.4 Å². The highest BCUT2D eigenvalue weighted by Crippen LogP contribution is 2.31. The van der Waals surface area contributed by atoms with Gasteiger partial charge in [-0.3, -0.25) is 0 Å². The minimum absolute atomic E-state index is 0.151. The molecule has 1 aromatic rings. The molecule has 1 N–H and O–H groups in total. The maximum absolute atomic E-state index is 6.07. The summed E-state index contributed by atoms with van der Waals surface area (Å²) in [6, 6.07) is 6.73. The quantitative estimate of drug-likeness (QED) is 0.879. The molecule has 0 amide bonds. The van der Waals surface area contributed by atoms with Gasteiger partial charge >= 0.3 is 0 Å². The highest BCUT2D eigenvalue weighted by atomic mass is 79.9. The van der Waals surface area contributed by atoms with Gasteiger partial charge in [-0.15, -0.1) is 0 Å². The van der Waals surface area contributed by atoms with Gasteiger partial charge in [0.05, 0.1) is 5.02 Å². The number of piperazine rings is 1. The van der Waals surface area contributed by atoms with Crippen LogP contribution in [0.15, 0.2) is 22.7 Å². The molecule has 1 saturated heterocycles. The molecule has 2 nitrogen and oxygen atoms in total. The number of halogens is 2. The fourth-order valence-electron chi connectivity index (χ4n) is 2.45. The average Bonchev–Trinajstić information content (AvgIpc) is 2.32. The second kappa shape index (κ2) is 5.40. The van der Waals surface area contributed by atoms with E-state index in [0.29, 0.717) is 6.04 Å². The number of hydrogen-bond donors (Lipinski definition) is 1. The van der Waals surface area contributed by atoms with Crippen LogP contribution >= 0.6 is 27.5 Å². The Bertz CT molecular complexity index is 434. The Hall–Kier alpha value is -0.250. The molecule has 1 aliphatic heterocycles. The SMILES string of the molecule is CCC1CNC(C)(C)CN1c1ccc(Cl)c(Br)c1. The molecule has 0 aliphatic carbocycles. The third-order valence-corrected chi connectivity index (χ3v) is 4.74. The Kier molecular flexibility index (Phi) is 4.25. The van der Waals surface area contributed by atoms with Gasteiger partial charge in [0, 0.05) is 34.8 Å². The summed E-state index contributed by atoms with van der Waals surface area (Å²) in [5, 5.41) is 4.37. The van der Waals surface area contributed by atoms with Crippen LogP contribution < -0.4 is 10.2 Å². The molecule has 0 radical (unpaired) electrons. The van der Waals surface area contributed by atoms with Crippen molar-refractivity contribution >= 4 is 33.2 Å². The molecule has 18 heavy (non-hydrogen) atoms. The minimum atomic E-state index is 0.151. The molecule has 2 rings (SSSR count). The van der Waals surface area contributed by atoms with Crippen LogP contribution in [0.3, 0.4) is 0 Å². The van der Waals surface area contributed by atoms with Crippen LogP contribution in [0.4, 0.5) is 5.69 Å². The van der Waals surface area contributed by atoms with Gasteiger partial charge < -0.3 is 10.2 Å². The molecule has 100 valence electrons. The molecule has 4 heteroatoms. The van der Waals surface area contributed by atoms with E-state index in [1.807, 2.05) is 6.07 Å². The standard InChI is InChI=1S/C14H20BrClN2/c1-4-10-8-17-14(2,3)9-18(10)11-5-6-13(16)12(15)7-11/h5-7,10,17H,4,8-9H2,1-3H3. The highest BCUT2D eigenvalue weighted by Gasteiger charge is 2.31. The van der Waals surface area contributed by atoms with Crippen molar-refractivity contribution in [3.63, 3.8) is 0 Å². The summed E-state index contributed by atoms with van der Waals surface area (Å²) in [5.41, 5.74) is 1.39. The van der Waals surface area contributed by atoms with E-state index < -0.39 is 0 Å². The van der Waals surface area contributed by atoms with Crippen LogP contribution in [0.25, 0.3) is 0 Å². The molecule has 1 fully saturated rings. The molecule has 0 aromatic heterocycles. The molecular formula is C14H20BrClN2. The second-order valence-electron chi connectivity index (χ2n) is 5.55. The van der Waals surface area contributed by atoms with Gasteiger partial charge in [0.15, 0.2) is 0 Å².